The highest BCUT2D eigenvalue weighted by Gasteiger charge is 2.06. The van der Waals surface area contributed by atoms with Gasteiger partial charge in [-0.25, -0.2) is 9.97 Å². The van der Waals surface area contributed by atoms with Gasteiger partial charge in [0.2, 0.25) is 5.76 Å². The summed E-state index contributed by atoms with van der Waals surface area (Å²) in [4.78, 5) is 8.07. The first-order chi connectivity index (χ1) is 6.40. The van der Waals surface area contributed by atoms with Crippen LogP contribution in [0, 0.1) is 0 Å². The summed E-state index contributed by atoms with van der Waals surface area (Å²) in [6.45, 7) is 0. The normalized spacial score (nSPS) is 10.2. The molecule has 0 N–H and O–H groups in total. The minimum absolute atomic E-state index is 0.558. The first-order valence-corrected chi connectivity index (χ1v) is 4.81. The Bertz CT molecular complexity index is 387. The summed E-state index contributed by atoms with van der Waals surface area (Å²) in [5, 5.41) is 4.48. The van der Waals surface area contributed by atoms with Crippen LogP contribution >= 0.6 is 15.9 Å². The lowest BCUT2D eigenvalue weighted by Crippen LogP contribution is -1.83. The van der Waals surface area contributed by atoms with Gasteiger partial charge in [0, 0.05) is 23.8 Å². The smallest absolute Gasteiger partial charge is 0.204 e. The van der Waals surface area contributed by atoms with Crippen LogP contribution in [0.3, 0.4) is 0 Å². The van der Waals surface area contributed by atoms with Crippen molar-refractivity contribution in [3.05, 3.63) is 30.2 Å². The van der Waals surface area contributed by atoms with Crippen LogP contribution in [0.25, 0.3) is 11.6 Å². The Hall–Kier alpha value is -1.23. The Morgan fingerprint density at radius 1 is 1.31 bits per heavy atom. The first kappa shape index (κ1) is 8.37. The summed E-state index contributed by atoms with van der Waals surface area (Å²) in [6, 6.07) is 3.56. The highest BCUT2D eigenvalue weighted by molar-refractivity contribution is 9.08. The Labute approximate surface area is 83.1 Å². The molecule has 0 aromatic carbocycles. The van der Waals surface area contributed by atoms with Gasteiger partial charge in [-0.2, -0.15) is 0 Å². The van der Waals surface area contributed by atoms with Gasteiger partial charge in [0.25, 0.3) is 0 Å². The van der Waals surface area contributed by atoms with Crippen LogP contribution in [-0.2, 0) is 5.33 Å². The van der Waals surface area contributed by atoms with Crippen molar-refractivity contribution < 1.29 is 4.52 Å². The monoisotopic (exact) mass is 239 g/mol. The second kappa shape index (κ2) is 3.66. The standard InChI is InChI=1S/C8H6BrN3O/c9-5-6-4-7(13-12-6)8-10-2-1-3-11-8/h1-4H,5H2. The topological polar surface area (TPSA) is 51.8 Å². The van der Waals surface area contributed by atoms with Gasteiger partial charge in [0.1, 0.15) is 0 Å². The van der Waals surface area contributed by atoms with Crippen molar-refractivity contribution in [3.63, 3.8) is 0 Å². The molecule has 0 spiro atoms. The molecular weight excluding hydrogens is 234 g/mol. The number of alkyl halides is 1. The summed E-state index contributed by atoms with van der Waals surface area (Å²) < 4.78 is 5.04. The van der Waals surface area contributed by atoms with Gasteiger partial charge in [-0.05, 0) is 6.07 Å². The maximum Gasteiger partial charge on any atom is 0.204 e. The molecule has 2 rings (SSSR count). The third-order valence-electron chi connectivity index (χ3n) is 1.48. The fourth-order valence-electron chi connectivity index (χ4n) is 0.907. The van der Waals surface area contributed by atoms with E-state index in [2.05, 4.69) is 31.1 Å². The van der Waals surface area contributed by atoms with Crippen LogP contribution in [0.15, 0.2) is 29.0 Å². The van der Waals surface area contributed by atoms with Crippen molar-refractivity contribution >= 4 is 15.9 Å². The zero-order valence-electron chi connectivity index (χ0n) is 6.64. The summed E-state index contributed by atoms with van der Waals surface area (Å²) in [5.41, 5.74) is 0.836. The molecule has 0 radical (unpaired) electrons. The van der Waals surface area contributed by atoms with E-state index in [1.54, 1.807) is 18.5 Å². The molecule has 2 heterocycles. The summed E-state index contributed by atoms with van der Waals surface area (Å²) in [5.74, 6) is 1.15. The van der Waals surface area contributed by atoms with Gasteiger partial charge in [0.15, 0.2) is 5.82 Å². The fourth-order valence-corrected chi connectivity index (χ4v) is 1.17. The molecule has 0 unspecified atom stereocenters. The Kier molecular flexibility index (Phi) is 2.35. The molecular formula is C8H6BrN3O. The molecule has 0 bridgehead atoms. The van der Waals surface area contributed by atoms with Crippen LogP contribution in [0.4, 0.5) is 0 Å². The molecule has 0 fully saturated rings. The largest absolute Gasteiger partial charge is 0.353 e. The molecule has 66 valence electrons. The van der Waals surface area contributed by atoms with Gasteiger partial charge in [0.05, 0.1) is 5.69 Å². The minimum atomic E-state index is 0.558. The van der Waals surface area contributed by atoms with E-state index >= 15 is 0 Å². The number of aromatic nitrogens is 3. The fraction of sp³-hybridized carbons (Fsp3) is 0.125. The van der Waals surface area contributed by atoms with E-state index in [0.717, 1.165) is 5.69 Å². The Morgan fingerprint density at radius 3 is 2.69 bits per heavy atom. The van der Waals surface area contributed by atoms with Crippen LogP contribution in [-0.4, -0.2) is 15.1 Å². The van der Waals surface area contributed by atoms with Gasteiger partial charge in [-0.3, -0.25) is 0 Å². The van der Waals surface area contributed by atoms with Crippen LogP contribution in [0.2, 0.25) is 0 Å². The molecule has 13 heavy (non-hydrogen) atoms. The zero-order valence-corrected chi connectivity index (χ0v) is 8.23. The summed E-state index contributed by atoms with van der Waals surface area (Å²) in [7, 11) is 0. The third-order valence-corrected chi connectivity index (χ3v) is 2.06. The number of rotatable bonds is 2. The molecule has 0 amide bonds. The average molecular weight is 240 g/mol. The van der Waals surface area contributed by atoms with Crippen molar-refractivity contribution in [1.29, 1.82) is 0 Å². The Balaban J connectivity index is 2.36. The lowest BCUT2D eigenvalue weighted by atomic mass is 10.4. The van der Waals surface area contributed by atoms with Crippen molar-refractivity contribution in [3.8, 4) is 11.6 Å². The molecule has 0 aliphatic heterocycles. The summed E-state index contributed by atoms with van der Waals surface area (Å²) in [6.07, 6.45) is 3.33. The molecule has 0 atom stereocenters. The number of nitrogens with zero attached hydrogens (tertiary/aromatic N) is 3. The molecule has 4 nitrogen and oxygen atoms in total. The number of halogens is 1. The van der Waals surface area contributed by atoms with E-state index in [1.165, 1.54) is 0 Å². The lowest BCUT2D eigenvalue weighted by Gasteiger charge is -1.89. The quantitative estimate of drug-likeness (QED) is 0.753. The van der Waals surface area contributed by atoms with E-state index in [4.69, 9.17) is 4.52 Å². The minimum Gasteiger partial charge on any atom is -0.353 e. The molecule has 0 saturated heterocycles. The average Bonchev–Trinajstić information content (AvgIpc) is 2.67. The van der Waals surface area contributed by atoms with Gasteiger partial charge in [-0.15, -0.1) is 0 Å². The van der Waals surface area contributed by atoms with Crippen LogP contribution < -0.4 is 0 Å². The van der Waals surface area contributed by atoms with E-state index in [0.29, 0.717) is 16.9 Å². The predicted octanol–water partition coefficient (Wildman–Crippen LogP) is 2.03. The highest BCUT2D eigenvalue weighted by Crippen LogP contribution is 2.16. The van der Waals surface area contributed by atoms with Crippen molar-refractivity contribution in [2.45, 2.75) is 5.33 Å². The predicted molar refractivity (Wildman–Crippen MR) is 50.2 cm³/mol. The van der Waals surface area contributed by atoms with E-state index in [9.17, 15) is 0 Å². The zero-order chi connectivity index (χ0) is 9.10. The maximum absolute atomic E-state index is 5.04. The molecule has 0 aliphatic carbocycles. The van der Waals surface area contributed by atoms with Gasteiger partial charge >= 0.3 is 0 Å². The van der Waals surface area contributed by atoms with Gasteiger partial charge in [-0.1, -0.05) is 21.1 Å². The lowest BCUT2D eigenvalue weighted by molar-refractivity contribution is 0.424. The van der Waals surface area contributed by atoms with E-state index in [1.807, 2.05) is 6.07 Å². The van der Waals surface area contributed by atoms with E-state index in [-0.39, 0.29) is 0 Å². The molecule has 2 aromatic heterocycles. The van der Waals surface area contributed by atoms with E-state index < -0.39 is 0 Å². The molecule has 0 saturated carbocycles. The second-order valence-corrected chi connectivity index (χ2v) is 2.95. The highest BCUT2D eigenvalue weighted by atomic mass is 79.9. The first-order valence-electron chi connectivity index (χ1n) is 3.69. The van der Waals surface area contributed by atoms with Crippen molar-refractivity contribution in [1.82, 2.24) is 15.1 Å². The second-order valence-electron chi connectivity index (χ2n) is 2.39. The van der Waals surface area contributed by atoms with Crippen molar-refractivity contribution in [2.24, 2.45) is 0 Å². The van der Waals surface area contributed by atoms with Crippen LogP contribution in [0.5, 0.6) is 0 Å². The SMILES string of the molecule is BrCc1cc(-c2ncccn2)on1. The summed E-state index contributed by atoms with van der Waals surface area (Å²) >= 11 is 3.28. The molecule has 0 aliphatic rings. The van der Waals surface area contributed by atoms with Gasteiger partial charge < -0.3 is 4.52 Å². The van der Waals surface area contributed by atoms with Crippen molar-refractivity contribution in [2.75, 3.05) is 0 Å². The third kappa shape index (κ3) is 1.75. The number of hydrogen-bond donors (Lipinski definition) is 0. The number of hydrogen-bond acceptors (Lipinski definition) is 4. The molecule has 2 aromatic rings. The molecule has 5 heteroatoms. The Morgan fingerprint density at radius 2 is 2.08 bits per heavy atom. The van der Waals surface area contributed by atoms with Crippen LogP contribution in [0.1, 0.15) is 5.69 Å². The maximum atomic E-state index is 5.04.